The van der Waals surface area contributed by atoms with Gasteiger partial charge in [0.05, 0.1) is 35.7 Å². The number of carboxylic acid groups (broad SMARTS) is 1. The molecule has 44 heavy (non-hydrogen) atoms. The predicted molar refractivity (Wildman–Crippen MR) is 170 cm³/mol. The molecule has 3 heterocycles. The highest BCUT2D eigenvalue weighted by atomic mass is 35.5. The Hall–Kier alpha value is -3.21. The maximum atomic E-state index is 13.3. The zero-order valence-electron chi connectivity index (χ0n) is 25.5. The lowest BCUT2D eigenvalue weighted by Gasteiger charge is -2.37. The number of nitrogens with one attached hydrogen (secondary N) is 1. The first kappa shape index (κ1) is 35.3. The first-order valence-electron chi connectivity index (χ1n) is 14.6. The fourth-order valence-electron chi connectivity index (χ4n) is 4.97. The average molecular weight is 654 g/mol. The molecule has 2 aliphatic rings. The third kappa shape index (κ3) is 9.15. The topological polar surface area (TPSA) is 98.8 Å². The normalized spacial score (nSPS) is 15.8. The summed E-state index contributed by atoms with van der Waals surface area (Å²) in [5, 5.41) is 16.9. The van der Waals surface area contributed by atoms with E-state index in [1.165, 1.54) is 24.0 Å². The van der Waals surface area contributed by atoms with Crippen LogP contribution in [-0.4, -0.2) is 70.7 Å². The molecule has 3 aromatic rings. The number of aromatic nitrogens is 2. The lowest BCUT2D eigenvalue weighted by molar-refractivity contribution is 0.00126. The van der Waals surface area contributed by atoms with E-state index < -0.39 is 24.3 Å². The van der Waals surface area contributed by atoms with Crippen LogP contribution in [0.2, 0.25) is 10.0 Å². The van der Waals surface area contributed by atoms with E-state index in [4.69, 9.17) is 27.9 Å². The number of nitrogens with zero attached hydrogens (tertiary/aromatic N) is 3. The molecule has 0 atom stereocenters. The highest BCUT2D eigenvalue weighted by Gasteiger charge is 2.47. The van der Waals surface area contributed by atoms with Crippen LogP contribution in [0.15, 0.2) is 42.6 Å². The van der Waals surface area contributed by atoms with Crippen molar-refractivity contribution in [3.8, 4) is 11.3 Å². The van der Waals surface area contributed by atoms with Gasteiger partial charge in [-0.2, -0.15) is 5.10 Å². The zero-order valence-corrected chi connectivity index (χ0v) is 27.0. The van der Waals surface area contributed by atoms with Gasteiger partial charge in [0, 0.05) is 54.3 Å². The average Bonchev–Trinajstić information content (AvgIpc) is 3.57. The number of carbonyl (C=O) groups is 2. The Morgan fingerprint density at radius 2 is 1.75 bits per heavy atom. The molecular formula is C32H40Cl2F2N4O4. The zero-order chi connectivity index (χ0) is 32.4. The number of hydrogen-bond donors (Lipinski definition) is 2. The second-order valence-corrected chi connectivity index (χ2v) is 12.2. The van der Waals surface area contributed by atoms with Crippen LogP contribution in [0, 0.1) is 5.92 Å². The summed E-state index contributed by atoms with van der Waals surface area (Å²) in [6, 6.07) is 9.75. The number of H-pyrrole nitrogens is 1. The monoisotopic (exact) mass is 652 g/mol. The molecule has 240 valence electrons. The van der Waals surface area contributed by atoms with Crippen LogP contribution < -0.4 is 4.90 Å². The van der Waals surface area contributed by atoms with E-state index in [1.807, 2.05) is 6.07 Å². The number of rotatable bonds is 7. The van der Waals surface area contributed by atoms with Crippen LogP contribution >= 0.6 is 23.2 Å². The van der Waals surface area contributed by atoms with Crippen molar-refractivity contribution in [2.75, 3.05) is 37.8 Å². The third-order valence-corrected chi connectivity index (χ3v) is 7.81. The van der Waals surface area contributed by atoms with Crippen molar-refractivity contribution in [2.24, 2.45) is 5.92 Å². The minimum absolute atomic E-state index is 0.0132. The quantitative estimate of drug-likeness (QED) is 0.267. The van der Waals surface area contributed by atoms with Gasteiger partial charge in [0.1, 0.15) is 12.3 Å². The van der Waals surface area contributed by atoms with Crippen molar-refractivity contribution in [3.05, 3.63) is 69.3 Å². The lowest BCUT2D eigenvalue weighted by Crippen LogP contribution is -2.47. The van der Waals surface area contributed by atoms with Crippen molar-refractivity contribution < 1.29 is 28.2 Å². The summed E-state index contributed by atoms with van der Waals surface area (Å²) in [6.45, 7) is 9.80. The number of amides is 1. The summed E-state index contributed by atoms with van der Waals surface area (Å²) in [5.41, 5.74) is 3.10. The summed E-state index contributed by atoms with van der Waals surface area (Å²) in [6.07, 6.45) is 3.47. The van der Waals surface area contributed by atoms with Crippen molar-refractivity contribution >= 4 is 41.0 Å². The second-order valence-electron chi connectivity index (χ2n) is 11.4. The summed E-state index contributed by atoms with van der Waals surface area (Å²) < 4.78 is 29.4. The molecule has 0 saturated carbocycles. The fourth-order valence-corrected chi connectivity index (χ4v) is 5.40. The Morgan fingerprint density at radius 3 is 2.34 bits per heavy atom. The molecule has 2 aromatic carbocycles. The number of anilines is 1. The van der Waals surface area contributed by atoms with Gasteiger partial charge in [0.15, 0.2) is 0 Å². The van der Waals surface area contributed by atoms with Gasteiger partial charge in [-0.1, -0.05) is 50.0 Å². The molecule has 5 rings (SSSR count). The Labute approximate surface area is 267 Å². The predicted octanol–water partition coefficient (Wildman–Crippen LogP) is 8.22. The van der Waals surface area contributed by atoms with Crippen LogP contribution in [-0.2, 0) is 17.8 Å². The van der Waals surface area contributed by atoms with Gasteiger partial charge >= 0.3 is 12.1 Å². The van der Waals surface area contributed by atoms with Crippen molar-refractivity contribution in [1.82, 2.24) is 15.1 Å². The maximum Gasteiger partial charge on any atom is 0.415 e. The summed E-state index contributed by atoms with van der Waals surface area (Å²) in [5.74, 6) is -0.287. The Balaban J connectivity index is 0.000000688. The molecule has 0 aliphatic carbocycles. The second kappa shape index (κ2) is 16.2. The minimum Gasteiger partial charge on any atom is -0.478 e. The molecule has 0 radical (unpaired) electrons. The number of halogens is 4. The molecule has 2 fully saturated rings. The highest BCUT2D eigenvalue weighted by molar-refractivity contribution is 6.34. The number of carbonyl (C=O) groups excluding carboxylic acids is 1. The van der Waals surface area contributed by atoms with E-state index in [0.29, 0.717) is 35.7 Å². The van der Waals surface area contributed by atoms with E-state index in [9.17, 15) is 23.5 Å². The van der Waals surface area contributed by atoms with Gasteiger partial charge in [-0.25, -0.2) is 14.0 Å². The maximum absolute atomic E-state index is 13.3. The summed E-state index contributed by atoms with van der Waals surface area (Å²) in [7, 11) is 0. The molecule has 2 N–H and O–H groups in total. The number of piperidine rings is 1. The molecule has 1 amide bonds. The number of carboxylic acids is 1. The smallest absolute Gasteiger partial charge is 0.415 e. The van der Waals surface area contributed by atoms with Gasteiger partial charge < -0.3 is 14.7 Å². The Kier molecular flexibility index (Phi) is 13.0. The third-order valence-electron chi connectivity index (χ3n) is 7.13. The lowest BCUT2D eigenvalue weighted by atomic mass is 9.91. The number of benzene rings is 2. The van der Waals surface area contributed by atoms with Gasteiger partial charge in [0.2, 0.25) is 0 Å². The molecule has 2 aliphatic heterocycles. The number of aromatic carboxylic acids is 1. The molecule has 1 aromatic heterocycles. The van der Waals surface area contributed by atoms with Crippen molar-refractivity contribution in [2.45, 2.75) is 59.2 Å². The van der Waals surface area contributed by atoms with Crippen LogP contribution in [0.1, 0.15) is 62.0 Å². The standard InChI is InChI=1S/C26H25Cl2FN4O4.C4H10.C2H5F/c27-21-4-1-16(11-18(21)13-29)23-17(14-30-31-23)5-8-32-9-6-26(7-10-32)15-33(25(36)37-26)19-2-3-20(24(34)35)22(28)12-19;1-4(2)3;1-2-3/h1-4,11-12,14H,5-10,13,15H2,(H,30,31)(H,34,35);4H,1-3H3;2H2,1H3. The first-order chi connectivity index (χ1) is 20.9. The molecule has 0 bridgehead atoms. The van der Waals surface area contributed by atoms with E-state index in [1.54, 1.807) is 24.4 Å². The van der Waals surface area contributed by atoms with Crippen LogP contribution in [0.25, 0.3) is 11.3 Å². The molecule has 12 heteroatoms. The van der Waals surface area contributed by atoms with Gasteiger partial charge in [-0.05, 0) is 55.2 Å². The number of alkyl halides is 2. The van der Waals surface area contributed by atoms with Gasteiger partial charge in [0.25, 0.3) is 0 Å². The van der Waals surface area contributed by atoms with Crippen LogP contribution in [0.5, 0.6) is 0 Å². The molecular weight excluding hydrogens is 613 g/mol. The highest BCUT2D eigenvalue weighted by Crippen LogP contribution is 2.37. The van der Waals surface area contributed by atoms with E-state index >= 15 is 0 Å². The summed E-state index contributed by atoms with van der Waals surface area (Å²) in [4.78, 5) is 27.7. The van der Waals surface area contributed by atoms with Crippen LogP contribution in [0.3, 0.4) is 0 Å². The molecule has 0 unspecified atom stereocenters. The number of ether oxygens (including phenoxy) is 1. The van der Waals surface area contributed by atoms with Crippen molar-refractivity contribution in [1.29, 1.82) is 0 Å². The fraction of sp³-hybridized carbons (Fsp3) is 0.469. The largest absolute Gasteiger partial charge is 0.478 e. The number of aromatic amines is 1. The van der Waals surface area contributed by atoms with Gasteiger partial charge in [-0.15, -0.1) is 0 Å². The number of hydrogen-bond acceptors (Lipinski definition) is 5. The van der Waals surface area contributed by atoms with E-state index in [2.05, 4.69) is 35.9 Å². The summed E-state index contributed by atoms with van der Waals surface area (Å²) >= 11 is 12.2. The van der Waals surface area contributed by atoms with Gasteiger partial charge in [-0.3, -0.25) is 14.4 Å². The van der Waals surface area contributed by atoms with E-state index in [-0.39, 0.29) is 17.3 Å². The minimum atomic E-state index is -1.12. The molecule has 2 saturated heterocycles. The SMILES string of the molecule is CC(C)C.CCF.O=C(O)c1ccc(N2CC3(CCN(CCc4cn[nH]c4-c4ccc(Cl)c(CF)c4)CC3)OC2=O)cc1Cl. The molecule has 1 spiro atoms. The Morgan fingerprint density at radius 1 is 1.09 bits per heavy atom. The van der Waals surface area contributed by atoms with Crippen molar-refractivity contribution in [3.63, 3.8) is 0 Å². The number of likely N-dealkylation sites (tertiary alicyclic amines) is 1. The molecule has 8 nitrogen and oxygen atoms in total. The first-order valence-corrected chi connectivity index (χ1v) is 15.4. The van der Waals surface area contributed by atoms with Crippen LogP contribution in [0.4, 0.5) is 19.3 Å². The van der Waals surface area contributed by atoms with E-state index in [0.717, 1.165) is 48.8 Å². The Bertz CT molecular complexity index is 1410.